The van der Waals surface area contributed by atoms with Crippen LogP contribution in [0.15, 0.2) is 18.2 Å². The highest BCUT2D eigenvalue weighted by atomic mass is 35.5. The highest BCUT2D eigenvalue weighted by Crippen LogP contribution is 2.13. The lowest BCUT2D eigenvalue weighted by Crippen LogP contribution is -2.47. The van der Waals surface area contributed by atoms with Crippen molar-refractivity contribution >= 4 is 24.1 Å². The van der Waals surface area contributed by atoms with E-state index in [9.17, 15) is 9.18 Å². The number of carbonyl (C=O) groups is 1. The molecule has 1 atom stereocenters. The van der Waals surface area contributed by atoms with Gasteiger partial charge in [0.1, 0.15) is 5.82 Å². The number of benzene rings is 1. The molecular weight excluding hydrogens is 269 g/mol. The molecule has 1 aliphatic heterocycles. The van der Waals surface area contributed by atoms with E-state index in [1.54, 1.807) is 19.1 Å². The van der Waals surface area contributed by atoms with Crippen LogP contribution in [0.5, 0.6) is 0 Å². The van der Waals surface area contributed by atoms with Crippen LogP contribution in [-0.4, -0.2) is 25.2 Å². The summed E-state index contributed by atoms with van der Waals surface area (Å²) in [7, 11) is 0. The Morgan fingerprint density at radius 2 is 2.26 bits per heavy atom. The second kappa shape index (κ2) is 7.31. The van der Waals surface area contributed by atoms with E-state index in [4.69, 9.17) is 0 Å². The first kappa shape index (κ1) is 15.7. The number of amides is 2. The van der Waals surface area contributed by atoms with Crippen molar-refractivity contribution in [2.45, 2.75) is 25.8 Å². The van der Waals surface area contributed by atoms with Crippen LogP contribution in [0.3, 0.4) is 0 Å². The quantitative estimate of drug-likeness (QED) is 0.782. The Morgan fingerprint density at radius 3 is 2.89 bits per heavy atom. The molecule has 6 heteroatoms. The van der Waals surface area contributed by atoms with Gasteiger partial charge >= 0.3 is 6.03 Å². The summed E-state index contributed by atoms with van der Waals surface area (Å²) in [6, 6.07) is 4.53. The molecule has 0 saturated carbocycles. The minimum absolute atomic E-state index is 0. The van der Waals surface area contributed by atoms with Gasteiger partial charge in [0.2, 0.25) is 0 Å². The third kappa shape index (κ3) is 4.69. The van der Waals surface area contributed by atoms with Gasteiger partial charge in [-0.25, -0.2) is 9.18 Å². The van der Waals surface area contributed by atoms with Crippen LogP contribution in [0.1, 0.15) is 18.4 Å². The lowest BCUT2D eigenvalue weighted by Gasteiger charge is -2.23. The van der Waals surface area contributed by atoms with Crippen molar-refractivity contribution in [3.05, 3.63) is 29.6 Å². The lowest BCUT2D eigenvalue weighted by molar-refractivity contribution is 0.245. The first-order valence-electron chi connectivity index (χ1n) is 6.19. The Hall–Kier alpha value is -1.33. The van der Waals surface area contributed by atoms with Crippen LogP contribution in [0.4, 0.5) is 14.9 Å². The molecule has 1 fully saturated rings. The van der Waals surface area contributed by atoms with Gasteiger partial charge in [0.25, 0.3) is 0 Å². The van der Waals surface area contributed by atoms with Crippen molar-refractivity contribution in [2.24, 2.45) is 0 Å². The zero-order chi connectivity index (χ0) is 13.0. The molecule has 1 heterocycles. The molecule has 1 aliphatic rings. The number of hydrogen-bond acceptors (Lipinski definition) is 2. The lowest BCUT2D eigenvalue weighted by atomic mass is 10.1. The summed E-state index contributed by atoms with van der Waals surface area (Å²) in [5.41, 5.74) is 1.04. The van der Waals surface area contributed by atoms with Crippen LogP contribution >= 0.6 is 12.4 Å². The van der Waals surface area contributed by atoms with Crippen molar-refractivity contribution in [1.82, 2.24) is 10.6 Å². The first-order chi connectivity index (χ1) is 8.65. The number of piperidine rings is 1. The number of carbonyl (C=O) groups excluding carboxylic acids is 1. The number of anilines is 1. The molecule has 2 rings (SSSR count). The summed E-state index contributed by atoms with van der Waals surface area (Å²) in [6.45, 7) is 3.48. The largest absolute Gasteiger partial charge is 0.334 e. The monoisotopic (exact) mass is 287 g/mol. The van der Waals surface area contributed by atoms with Gasteiger partial charge in [0, 0.05) is 18.3 Å². The van der Waals surface area contributed by atoms with Gasteiger partial charge < -0.3 is 16.0 Å². The molecule has 19 heavy (non-hydrogen) atoms. The van der Waals surface area contributed by atoms with Crippen LogP contribution in [0.2, 0.25) is 0 Å². The highest BCUT2D eigenvalue weighted by Gasteiger charge is 2.15. The van der Waals surface area contributed by atoms with E-state index in [0.717, 1.165) is 25.9 Å². The summed E-state index contributed by atoms with van der Waals surface area (Å²) in [5.74, 6) is -0.313. The van der Waals surface area contributed by atoms with Crippen molar-refractivity contribution < 1.29 is 9.18 Å². The Kier molecular flexibility index (Phi) is 6.05. The molecule has 0 unspecified atom stereocenters. The maximum atomic E-state index is 13.3. The van der Waals surface area contributed by atoms with Crippen LogP contribution < -0.4 is 16.0 Å². The van der Waals surface area contributed by atoms with E-state index in [1.165, 1.54) is 6.07 Å². The molecule has 2 amide bonds. The Bertz CT molecular complexity index is 436. The van der Waals surface area contributed by atoms with Crippen molar-refractivity contribution in [1.29, 1.82) is 0 Å². The molecule has 0 aliphatic carbocycles. The molecule has 0 radical (unpaired) electrons. The average Bonchev–Trinajstić information content (AvgIpc) is 2.35. The molecule has 1 saturated heterocycles. The van der Waals surface area contributed by atoms with Crippen molar-refractivity contribution in [3.8, 4) is 0 Å². The second-order valence-electron chi connectivity index (χ2n) is 4.61. The van der Waals surface area contributed by atoms with E-state index in [-0.39, 0.29) is 30.3 Å². The van der Waals surface area contributed by atoms with Crippen LogP contribution in [0, 0.1) is 12.7 Å². The third-order valence-corrected chi connectivity index (χ3v) is 3.06. The molecule has 106 valence electrons. The molecule has 0 spiro atoms. The summed E-state index contributed by atoms with van der Waals surface area (Å²) >= 11 is 0. The fourth-order valence-electron chi connectivity index (χ4n) is 2.00. The third-order valence-electron chi connectivity index (χ3n) is 3.06. The maximum absolute atomic E-state index is 13.3. The van der Waals surface area contributed by atoms with E-state index in [0.29, 0.717) is 11.3 Å². The Morgan fingerprint density at radius 1 is 1.47 bits per heavy atom. The topological polar surface area (TPSA) is 53.2 Å². The van der Waals surface area contributed by atoms with Gasteiger partial charge in [-0.3, -0.25) is 0 Å². The molecule has 0 aromatic heterocycles. The summed E-state index contributed by atoms with van der Waals surface area (Å²) in [5, 5.41) is 8.72. The minimum atomic E-state index is -0.313. The van der Waals surface area contributed by atoms with Gasteiger partial charge in [-0.1, -0.05) is 6.07 Å². The van der Waals surface area contributed by atoms with E-state index in [2.05, 4.69) is 16.0 Å². The Labute approximate surface area is 118 Å². The number of halogens is 2. The van der Waals surface area contributed by atoms with Gasteiger partial charge in [0.05, 0.1) is 0 Å². The molecular formula is C13H19ClFN3O. The molecule has 1 aromatic carbocycles. The number of nitrogens with one attached hydrogen (secondary N) is 3. The minimum Gasteiger partial charge on any atom is -0.334 e. The fourth-order valence-corrected chi connectivity index (χ4v) is 2.00. The number of rotatable bonds is 2. The smallest absolute Gasteiger partial charge is 0.319 e. The SMILES string of the molecule is Cc1ccc(NC(=O)N[C@H]2CCCNC2)cc1F.Cl. The van der Waals surface area contributed by atoms with Crippen LogP contribution in [0.25, 0.3) is 0 Å². The normalized spacial score (nSPS) is 18.3. The summed E-state index contributed by atoms with van der Waals surface area (Å²) in [6.07, 6.45) is 2.03. The van der Waals surface area contributed by atoms with Crippen LogP contribution in [-0.2, 0) is 0 Å². The molecule has 1 aromatic rings. The van der Waals surface area contributed by atoms with E-state index >= 15 is 0 Å². The molecule has 4 nitrogen and oxygen atoms in total. The van der Waals surface area contributed by atoms with E-state index in [1.807, 2.05) is 0 Å². The van der Waals surface area contributed by atoms with Crippen molar-refractivity contribution in [2.75, 3.05) is 18.4 Å². The highest BCUT2D eigenvalue weighted by molar-refractivity contribution is 5.89. The predicted octanol–water partition coefficient (Wildman–Crippen LogP) is 2.43. The predicted molar refractivity (Wildman–Crippen MR) is 76.4 cm³/mol. The zero-order valence-electron chi connectivity index (χ0n) is 10.8. The Balaban J connectivity index is 0.00000180. The number of hydrogen-bond donors (Lipinski definition) is 3. The van der Waals surface area contributed by atoms with Crippen molar-refractivity contribution in [3.63, 3.8) is 0 Å². The zero-order valence-corrected chi connectivity index (χ0v) is 11.6. The number of urea groups is 1. The number of aryl methyl sites for hydroxylation is 1. The molecule has 0 bridgehead atoms. The second-order valence-corrected chi connectivity index (χ2v) is 4.61. The summed E-state index contributed by atoms with van der Waals surface area (Å²) < 4.78 is 13.3. The first-order valence-corrected chi connectivity index (χ1v) is 6.19. The fraction of sp³-hybridized carbons (Fsp3) is 0.462. The summed E-state index contributed by atoms with van der Waals surface area (Å²) in [4.78, 5) is 11.7. The van der Waals surface area contributed by atoms with Gasteiger partial charge in [0.15, 0.2) is 0 Å². The van der Waals surface area contributed by atoms with E-state index < -0.39 is 0 Å². The van der Waals surface area contributed by atoms with Gasteiger partial charge in [-0.2, -0.15) is 0 Å². The van der Waals surface area contributed by atoms with Gasteiger partial charge in [-0.15, -0.1) is 12.4 Å². The average molecular weight is 288 g/mol. The standard InChI is InChI=1S/C13H18FN3O.ClH/c1-9-4-5-10(7-12(9)14)16-13(18)17-11-3-2-6-15-8-11;/h4-5,7,11,15H,2-3,6,8H2,1H3,(H2,16,17,18);1H/t11-;/m0./s1. The maximum Gasteiger partial charge on any atom is 0.319 e. The molecule has 3 N–H and O–H groups in total. The van der Waals surface area contributed by atoms with Gasteiger partial charge in [-0.05, 0) is 44.0 Å².